The minimum absolute atomic E-state index is 0.106. The Morgan fingerprint density at radius 1 is 1.00 bits per heavy atom. The molecule has 0 saturated carbocycles. The largest absolute Gasteiger partial charge is 0.376 e. The second-order valence-corrected chi connectivity index (χ2v) is 5.53. The lowest BCUT2D eigenvalue weighted by Gasteiger charge is -2.10. The Labute approximate surface area is 140 Å². The van der Waals surface area contributed by atoms with Crippen LogP contribution in [0.5, 0.6) is 0 Å². The molecular weight excluding hydrogens is 314 g/mol. The maximum atomic E-state index is 12.0. The molecule has 2 aromatic carbocycles. The van der Waals surface area contributed by atoms with Crippen LogP contribution in [0.25, 0.3) is 0 Å². The summed E-state index contributed by atoms with van der Waals surface area (Å²) in [5.74, 6) is -0.328. The van der Waals surface area contributed by atoms with Crippen LogP contribution in [0, 0.1) is 6.92 Å². The number of halogens is 1. The summed E-state index contributed by atoms with van der Waals surface area (Å²) in [5.41, 5.74) is 3.03. The standard InChI is InChI=1S/C17H18ClN3O2/c1-11-6-7-15(9-16(11)18)21-17(23)10-19-13-4-3-5-14(8-13)20-12(2)22/h3-9,19H,10H2,1-2H3,(H,20,22)(H,21,23). The van der Waals surface area contributed by atoms with Crippen molar-refractivity contribution >= 4 is 40.5 Å². The molecule has 0 aliphatic rings. The maximum absolute atomic E-state index is 12.0. The van der Waals surface area contributed by atoms with Gasteiger partial charge >= 0.3 is 0 Å². The van der Waals surface area contributed by atoms with Crippen molar-refractivity contribution in [3.8, 4) is 0 Å². The Bertz CT molecular complexity index is 732. The normalized spacial score (nSPS) is 10.0. The highest BCUT2D eigenvalue weighted by Crippen LogP contribution is 2.20. The summed E-state index contributed by atoms with van der Waals surface area (Å²) in [6.45, 7) is 3.45. The van der Waals surface area contributed by atoms with E-state index in [2.05, 4.69) is 16.0 Å². The molecule has 0 aliphatic heterocycles. The predicted octanol–water partition coefficient (Wildman–Crippen LogP) is 3.66. The van der Waals surface area contributed by atoms with Crippen molar-refractivity contribution in [3.05, 3.63) is 53.1 Å². The van der Waals surface area contributed by atoms with Gasteiger partial charge in [0.05, 0.1) is 6.54 Å². The fourth-order valence-corrected chi connectivity index (χ4v) is 2.15. The second kappa shape index (κ2) is 7.65. The Morgan fingerprint density at radius 3 is 2.39 bits per heavy atom. The number of hydrogen-bond donors (Lipinski definition) is 3. The molecule has 0 atom stereocenters. The van der Waals surface area contributed by atoms with Gasteiger partial charge in [-0.1, -0.05) is 23.7 Å². The summed E-state index contributed by atoms with van der Waals surface area (Å²) in [7, 11) is 0. The zero-order valence-corrected chi connectivity index (χ0v) is 13.7. The Morgan fingerprint density at radius 2 is 1.70 bits per heavy atom. The van der Waals surface area contributed by atoms with E-state index >= 15 is 0 Å². The van der Waals surface area contributed by atoms with Crippen molar-refractivity contribution in [3.63, 3.8) is 0 Å². The molecule has 0 radical (unpaired) electrons. The number of rotatable bonds is 5. The van der Waals surface area contributed by atoms with Crippen LogP contribution in [0.15, 0.2) is 42.5 Å². The topological polar surface area (TPSA) is 70.2 Å². The van der Waals surface area contributed by atoms with Gasteiger partial charge in [0, 0.05) is 29.0 Å². The van der Waals surface area contributed by atoms with Crippen molar-refractivity contribution in [1.29, 1.82) is 0 Å². The summed E-state index contributed by atoms with van der Waals surface area (Å²) >= 11 is 6.03. The number of nitrogens with one attached hydrogen (secondary N) is 3. The highest BCUT2D eigenvalue weighted by molar-refractivity contribution is 6.31. The molecule has 2 amide bonds. The zero-order chi connectivity index (χ0) is 16.8. The van der Waals surface area contributed by atoms with Crippen LogP contribution in [0.2, 0.25) is 5.02 Å². The van der Waals surface area contributed by atoms with Crippen LogP contribution in [0.3, 0.4) is 0 Å². The van der Waals surface area contributed by atoms with Gasteiger partial charge in [0.25, 0.3) is 0 Å². The second-order valence-electron chi connectivity index (χ2n) is 5.13. The third-order valence-corrected chi connectivity index (χ3v) is 3.50. The maximum Gasteiger partial charge on any atom is 0.243 e. The molecule has 2 aromatic rings. The van der Waals surface area contributed by atoms with E-state index < -0.39 is 0 Å². The monoisotopic (exact) mass is 331 g/mol. The van der Waals surface area contributed by atoms with E-state index in [1.807, 2.05) is 19.1 Å². The fraction of sp³-hybridized carbons (Fsp3) is 0.176. The van der Waals surface area contributed by atoms with Crippen LogP contribution in [-0.2, 0) is 9.59 Å². The molecule has 2 rings (SSSR count). The Balaban J connectivity index is 1.91. The number of hydrogen-bond acceptors (Lipinski definition) is 3. The van der Waals surface area contributed by atoms with Gasteiger partial charge in [0.15, 0.2) is 0 Å². The Kier molecular flexibility index (Phi) is 5.60. The van der Waals surface area contributed by atoms with Crippen molar-refractivity contribution < 1.29 is 9.59 Å². The number of benzene rings is 2. The van der Waals surface area contributed by atoms with Crippen molar-refractivity contribution in [2.75, 3.05) is 22.5 Å². The SMILES string of the molecule is CC(=O)Nc1cccc(NCC(=O)Nc2ccc(C)c(Cl)c2)c1. The molecule has 0 fully saturated rings. The van der Waals surface area contributed by atoms with Gasteiger partial charge in [-0.2, -0.15) is 0 Å². The van der Waals surface area contributed by atoms with Gasteiger partial charge in [0.1, 0.15) is 0 Å². The first-order valence-corrected chi connectivity index (χ1v) is 7.49. The average Bonchev–Trinajstić information content (AvgIpc) is 2.49. The quantitative estimate of drug-likeness (QED) is 0.783. The Hall–Kier alpha value is -2.53. The number of anilines is 3. The number of aryl methyl sites for hydroxylation is 1. The van der Waals surface area contributed by atoms with E-state index in [1.54, 1.807) is 30.3 Å². The lowest BCUT2D eigenvalue weighted by atomic mass is 10.2. The van der Waals surface area contributed by atoms with Gasteiger partial charge in [-0.05, 0) is 42.8 Å². The molecule has 0 spiro atoms. The molecule has 5 nitrogen and oxygen atoms in total. The summed E-state index contributed by atoms with van der Waals surface area (Å²) in [6.07, 6.45) is 0. The molecule has 3 N–H and O–H groups in total. The van der Waals surface area contributed by atoms with E-state index in [1.165, 1.54) is 6.92 Å². The van der Waals surface area contributed by atoms with Crippen LogP contribution >= 0.6 is 11.6 Å². The molecule has 0 bridgehead atoms. The minimum Gasteiger partial charge on any atom is -0.376 e. The molecule has 0 aliphatic carbocycles. The summed E-state index contributed by atoms with van der Waals surface area (Å²) in [6, 6.07) is 12.5. The number of carbonyl (C=O) groups is 2. The van der Waals surface area contributed by atoms with Gasteiger partial charge in [-0.3, -0.25) is 9.59 Å². The van der Waals surface area contributed by atoms with E-state index in [-0.39, 0.29) is 18.4 Å². The van der Waals surface area contributed by atoms with Gasteiger partial charge in [-0.15, -0.1) is 0 Å². The third-order valence-electron chi connectivity index (χ3n) is 3.09. The van der Waals surface area contributed by atoms with E-state index in [9.17, 15) is 9.59 Å². The highest BCUT2D eigenvalue weighted by Gasteiger charge is 2.05. The molecular formula is C17H18ClN3O2. The van der Waals surface area contributed by atoms with Crippen LogP contribution in [0.4, 0.5) is 17.1 Å². The summed E-state index contributed by atoms with van der Waals surface area (Å²) in [5, 5.41) is 9.08. The van der Waals surface area contributed by atoms with Crippen molar-refractivity contribution in [2.24, 2.45) is 0 Å². The molecule has 0 saturated heterocycles. The molecule has 23 heavy (non-hydrogen) atoms. The van der Waals surface area contributed by atoms with E-state index in [0.717, 1.165) is 11.3 Å². The van der Waals surface area contributed by atoms with Crippen molar-refractivity contribution in [1.82, 2.24) is 0 Å². The third kappa shape index (κ3) is 5.30. The zero-order valence-electron chi connectivity index (χ0n) is 12.9. The van der Waals surface area contributed by atoms with E-state index in [0.29, 0.717) is 16.4 Å². The minimum atomic E-state index is -0.185. The summed E-state index contributed by atoms with van der Waals surface area (Å²) in [4.78, 5) is 23.0. The molecule has 0 heterocycles. The fourth-order valence-electron chi connectivity index (χ4n) is 1.97. The molecule has 6 heteroatoms. The first-order chi connectivity index (χ1) is 10.9. The predicted molar refractivity (Wildman–Crippen MR) is 94.1 cm³/mol. The lowest BCUT2D eigenvalue weighted by molar-refractivity contribution is -0.115. The molecule has 120 valence electrons. The summed E-state index contributed by atoms with van der Waals surface area (Å²) < 4.78 is 0. The van der Waals surface area contributed by atoms with Crippen LogP contribution < -0.4 is 16.0 Å². The lowest BCUT2D eigenvalue weighted by Crippen LogP contribution is -2.21. The average molecular weight is 332 g/mol. The molecule has 0 unspecified atom stereocenters. The number of amides is 2. The van der Waals surface area contributed by atoms with Gasteiger partial charge in [0.2, 0.25) is 11.8 Å². The van der Waals surface area contributed by atoms with Crippen LogP contribution in [-0.4, -0.2) is 18.4 Å². The molecule has 0 aromatic heterocycles. The van der Waals surface area contributed by atoms with Gasteiger partial charge in [-0.25, -0.2) is 0 Å². The van der Waals surface area contributed by atoms with E-state index in [4.69, 9.17) is 11.6 Å². The van der Waals surface area contributed by atoms with Gasteiger partial charge < -0.3 is 16.0 Å². The number of carbonyl (C=O) groups excluding carboxylic acids is 2. The van der Waals surface area contributed by atoms with Crippen LogP contribution in [0.1, 0.15) is 12.5 Å². The smallest absolute Gasteiger partial charge is 0.243 e. The highest BCUT2D eigenvalue weighted by atomic mass is 35.5. The van der Waals surface area contributed by atoms with Crippen molar-refractivity contribution in [2.45, 2.75) is 13.8 Å². The first kappa shape index (κ1) is 16.8. The first-order valence-electron chi connectivity index (χ1n) is 7.11.